The van der Waals surface area contributed by atoms with E-state index in [9.17, 15) is 4.79 Å². The van der Waals surface area contributed by atoms with Crippen LogP contribution in [0.25, 0.3) is 0 Å². The van der Waals surface area contributed by atoms with Crippen LogP contribution in [0, 0.1) is 6.20 Å². The van der Waals surface area contributed by atoms with Crippen LogP contribution in [0.1, 0.15) is 107 Å². The van der Waals surface area contributed by atoms with Gasteiger partial charge in [0.25, 0.3) is 5.91 Å². The number of amides is 1. The second-order valence-corrected chi connectivity index (χ2v) is 7.01. The maximum Gasteiger partial charge on any atom is 0.253 e. The van der Waals surface area contributed by atoms with Crippen LogP contribution in [-0.2, 0) is 0 Å². The van der Waals surface area contributed by atoms with E-state index < -0.39 is 0 Å². The number of hydrogen-bond donors (Lipinski definition) is 1. The highest BCUT2D eigenvalue weighted by atomic mass is 16.1. The lowest BCUT2D eigenvalue weighted by Gasteiger charge is -2.05. The van der Waals surface area contributed by atoms with Crippen molar-refractivity contribution in [3.63, 3.8) is 0 Å². The summed E-state index contributed by atoms with van der Waals surface area (Å²) in [7, 11) is 0. The van der Waals surface area contributed by atoms with E-state index in [0.29, 0.717) is 5.56 Å². The van der Waals surface area contributed by atoms with Gasteiger partial charge in [0, 0.05) is 12.7 Å². The van der Waals surface area contributed by atoms with Crippen LogP contribution in [0.15, 0.2) is 18.3 Å². The molecule has 1 N–H and O–H groups in total. The third-order valence-electron chi connectivity index (χ3n) is 4.67. The Kier molecular flexibility index (Phi) is 14.0. The van der Waals surface area contributed by atoms with Gasteiger partial charge < -0.3 is 5.32 Å². The molecule has 25 heavy (non-hydrogen) atoms. The van der Waals surface area contributed by atoms with Crippen molar-refractivity contribution in [1.82, 2.24) is 10.3 Å². The highest BCUT2D eigenvalue weighted by molar-refractivity contribution is 5.93. The zero-order valence-electron chi connectivity index (χ0n) is 16.2. The average molecular weight is 346 g/mol. The smallest absolute Gasteiger partial charge is 0.253 e. The number of carbonyl (C=O) groups excluding carboxylic acids is 1. The zero-order valence-corrected chi connectivity index (χ0v) is 16.2. The SMILES string of the molecule is CCCCCCCCCCCCCCCCNC(=O)c1[c]nccc1. The molecular weight excluding hydrogens is 308 g/mol. The molecule has 3 heteroatoms. The van der Waals surface area contributed by atoms with E-state index in [1.54, 1.807) is 18.3 Å². The van der Waals surface area contributed by atoms with Gasteiger partial charge in [-0.1, -0.05) is 90.4 Å². The fourth-order valence-corrected chi connectivity index (χ4v) is 3.07. The van der Waals surface area contributed by atoms with Crippen molar-refractivity contribution in [1.29, 1.82) is 0 Å². The van der Waals surface area contributed by atoms with E-state index in [1.807, 2.05) is 0 Å². The fourth-order valence-electron chi connectivity index (χ4n) is 3.07. The number of unbranched alkanes of at least 4 members (excludes halogenated alkanes) is 13. The Balaban J connectivity index is 1.78. The molecule has 0 aliphatic carbocycles. The van der Waals surface area contributed by atoms with Crippen molar-refractivity contribution in [3.05, 3.63) is 30.1 Å². The molecule has 141 valence electrons. The lowest BCUT2D eigenvalue weighted by molar-refractivity contribution is 0.0952. The lowest BCUT2D eigenvalue weighted by atomic mass is 10.0. The molecular formula is C22H37N2O. The van der Waals surface area contributed by atoms with E-state index in [4.69, 9.17) is 0 Å². The predicted molar refractivity (Wildman–Crippen MR) is 106 cm³/mol. The molecule has 0 aliphatic heterocycles. The molecule has 1 rings (SSSR count). The molecule has 1 radical (unpaired) electrons. The number of nitrogens with zero attached hydrogens (tertiary/aromatic N) is 1. The Morgan fingerprint density at radius 1 is 0.880 bits per heavy atom. The van der Waals surface area contributed by atoms with E-state index in [1.165, 1.54) is 83.5 Å². The van der Waals surface area contributed by atoms with Crippen molar-refractivity contribution >= 4 is 5.91 Å². The van der Waals surface area contributed by atoms with Crippen molar-refractivity contribution in [2.75, 3.05) is 6.54 Å². The topological polar surface area (TPSA) is 42.0 Å². The van der Waals surface area contributed by atoms with Crippen molar-refractivity contribution in [2.45, 2.75) is 96.8 Å². The minimum absolute atomic E-state index is 0.0669. The lowest BCUT2D eigenvalue weighted by Crippen LogP contribution is -2.24. The van der Waals surface area contributed by atoms with Gasteiger partial charge >= 0.3 is 0 Å². The minimum Gasteiger partial charge on any atom is -0.352 e. The van der Waals surface area contributed by atoms with Crippen LogP contribution in [0.2, 0.25) is 0 Å². The largest absolute Gasteiger partial charge is 0.352 e. The molecule has 1 heterocycles. The van der Waals surface area contributed by atoms with Gasteiger partial charge in [-0.3, -0.25) is 9.78 Å². The molecule has 0 unspecified atom stereocenters. The fraction of sp³-hybridized carbons (Fsp3) is 0.727. The third-order valence-corrected chi connectivity index (χ3v) is 4.67. The molecule has 0 aromatic carbocycles. The highest BCUT2D eigenvalue weighted by Gasteiger charge is 2.03. The second-order valence-electron chi connectivity index (χ2n) is 7.01. The Labute approximate surface area is 155 Å². The van der Waals surface area contributed by atoms with Gasteiger partial charge in [-0.25, -0.2) is 0 Å². The summed E-state index contributed by atoms with van der Waals surface area (Å²) in [5.41, 5.74) is 0.521. The van der Waals surface area contributed by atoms with Gasteiger partial charge in [0.05, 0.1) is 5.56 Å². The Morgan fingerprint density at radius 3 is 1.88 bits per heavy atom. The monoisotopic (exact) mass is 345 g/mol. The van der Waals surface area contributed by atoms with Crippen LogP contribution in [0.3, 0.4) is 0 Å². The molecule has 0 saturated heterocycles. The summed E-state index contributed by atoms with van der Waals surface area (Å²) in [6.45, 7) is 3.02. The average Bonchev–Trinajstić information content (AvgIpc) is 2.65. The minimum atomic E-state index is -0.0669. The summed E-state index contributed by atoms with van der Waals surface area (Å²) in [4.78, 5) is 15.6. The second kappa shape index (κ2) is 16.1. The molecule has 0 atom stereocenters. The van der Waals surface area contributed by atoms with Crippen LogP contribution >= 0.6 is 0 Å². The van der Waals surface area contributed by atoms with Crippen LogP contribution in [0.5, 0.6) is 0 Å². The van der Waals surface area contributed by atoms with Gasteiger partial charge in [0.15, 0.2) is 0 Å². The molecule has 0 saturated carbocycles. The quantitative estimate of drug-likeness (QED) is 0.368. The number of hydrogen-bond acceptors (Lipinski definition) is 2. The first-order valence-electron chi connectivity index (χ1n) is 10.5. The standard InChI is InChI=1S/C22H37N2O/c1-2-3-4-5-6-7-8-9-10-11-12-13-14-15-19-24-22(25)21-17-16-18-23-20-21/h16-18H,2-15,19H2,1H3,(H,24,25). The molecule has 1 amide bonds. The molecule has 3 nitrogen and oxygen atoms in total. The van der Waals surface area contributed by atoms with E-state index in [-0.39, 0.29) is 5.91 Å². The number of carbonyl (C=O) groups is 1. The van der Waals surface area contributed by atoms with E-state index in [0.717, 1.165) is 13.0 Å². The summed E-state index contributed by atoms with van der Waals surface area (Å²) in [5, 5.41) is 2.93. The summed E-state index contributed by atoms with van der Waals surface area (Å²) in [5.74, 6) is -0.0669. The summed E-state index contributed by atoms with van der Waals surface area (Å²) in [6, 6.07) is 3.51. The number of pyridine rings is 1. The maximum atomic E-state index is 11.8. The van der Waals surface area contributed by atoms with Gasteiger partial charge in [-0.15, -0.1) is 0 Å². The predicted octanol–water partition coefficient (Wildman–Crippen LogP) is 6.09. The molecule has 0 fully saturated rings. The first kappa shape index (κ1) is 21.7. The van der Waals surface area contributed by atoms with Gasteiger partial charge in [0.2, 0.25) is 0 Å². The normalized spacial score (nSPS) is 10.8. The van der Waals surface area contributed by atoms with Gasteiger partial charge in [-0.2, -0.15) is 0 Å². The molecule has 1 aromatic heterocycles. The molecule has 0 aliphatic rings. The Morgan fingerprint density at radius 2 is 1.40 bits per heavy atom. The summed E-state index contributed by atoms with van der Waals surface area (Å²) >= 11 is 0. The first-order chi connectivity index (χ1) is 12.3. The summed E-state index contributed by atoms with van der Waals surface area (Å²) in [6.07, 6.45) is 23.3. The van der Waals surface area contributed by atoms with E-state index in [2.05, 4.69) is 23.4 Å². The molecule has 1 aromatic rings. The molecule has 0 bridgehead atoms. The summed E-state index contributed by atoms with van der Waals surface area (Å²) < 4.78 is 0. The van der Waals surface area contributed by atoms with Crippen LogP contribution in [0.4, 0.5) is 0 Å². The number of nitrogens with one attached hydrogen (secondary N) is 1. The Bertz CT molecular complexity index is 419. The van der Waals surface area contributed by atoms with Crippen LogP contribution < -0.4 is 5.32 Å². The van der Waals surface area contributed by atoms with Crippen molar-refractivity contribution in [3.8, 4) is 0 Å². The van der Waals surface area contributed by atoms with E-state index >= 15 is 0 Å². The van der Waals surface area contributed by atoms with Crippen molar-refractivity contribution < 1.29 is 4.79 Å². The zero-order chi connectivity index (χ0) is 18.0. The first-order valence-corrected chi connectivity index (χ1v) is 10.5. The highest BCUT2D eigenvalue weighted by Crippen LogP contribution is 2.12. The number of rotatable bonds is 16. The van der Waals surface area contributed by atoms with Crippen LogP contribution in [-0.4, -0.2) is 17.4 Å². The Hall–Kier alpha value is -1.38. The van der Waals surface area contributed by atoms with Gasteiger partial charge in [-0.05, 0) is 18.6 Å². The maximum absolute atomic E-state index is 11.8. The number of aromatic nitrogens is 1. The molecule has 0 spiro atoms. The van der Waals surface area contributed by atoms with Gasteiger partial charge in [0.1, 0.15) is 6.20 Å². The third kappa shape index (κ3) is 12.6. The van der Waals surface area contributed by atoms with Crippen molar-refractivity contribution in [2.24, 2.45) is 0 Å².